The molecule has 0 spiro atoms. The van der Waals surface area contributed by atoms with Crippen LogP contribution in [0.3, 0.4) is 0 Å². The molecular weight excluding hydrogens is 316 g/mol. The van der Waals surface area contributed by atoms with Crippen LogP contribution in [0.1, 0.15) is 42.5 Å². The molecule has 6 heteroatoms. The fourth-order valence-corrected chi connectivity index (χ4v) is 3.23. The predicted molar refractivity (Wildman–Crippen MR) is 87.6 cm³/mol. The van der Waals surface area contributed by atoms with Crippen molar-refractivity contribution < 1.29 is 14.6 Å². The number of aromatic carboxylic acids is 1. The normalized spacial score (nSPS) is 15.0. The van der Waals surface area contributed by atoms with E-state index in [4.69, 9.17) is 21.4 Å². The molecule has 0 atom stereocenters. The second-order valence-corrected chi connectivity index (χ2v) is 6.26. The minimum absolute atomic E-state index is 0.0793. The Bertz CT molecular complexity index is 693. The topological polar surface area (TPSA) is 64.3 Å². The van der Waals surface area contributed by atoms with Gasteiger partial charge in [0.05, 0.1) is 22.9 Å². The molecule has 5 nitrogen and oxygen atoms in total. The van der Waals surface area contributed by atoms with Gasteiger partial charge in [-0.2, -0.15) is 0 Å². The summed E-state index contributed by atoms with van der Waals surface area (Å²) in [5, 5.41) is 13.5. The second kappa shape index (κ2) is 7.04. The van der Waals surface area contributed by atoms with Crippen molar-refractivity contribution in [2.24, 2.45) is 5.92 Å². The average Bonchev–Trinajstić information content (AvgIpc) is 3.18. The summed E-state index contributed by atoms with van der Waals surface area (Å²) in [6.07, 6.45) is 8.15. The van der Waals surface area contributed by atoms with Crippen LogP contribution in [0, 0.1) is 5.92 Å². The molecule has 0 radical (unpaired) electrons. The molecule has 0 aliphatic heterocycles. The van der Waals surface area contributed by atoms with Gasteiger partial charge in [-0.3, -0.25) is 0 Å². The highest BCUT2D eigenvalue weighted by atomic mass is 35.5. The van der Waals surface area contributed by atoms with Gasteiger partial charge in [0.15, 0.2) is 0 Å². The first-order valence-corrected chi connectivity index (χ1v) is 8.23. The van der Waals surface area contributed by atoms with Crippen molar-refractivity contribution in [2.75, 3.05) is 6.61 Å². The Morgan fingerprint density at radius 2 is 2.13 bits per heavy atom. The van der Waals surface area contributed by atoms with Gasteiger partial charge in [-0.1, -0.05) is 37.3 Å². The number of ether oxygens (including phenoxy) is 1. The molecule has 1 heterocycles. The third-order valence-corrected chi connectivity index (χ3v) is 4.58. The molecule has 0 unspecified atom stereocenters. The Morgan fingerprint density at radius 3 is 2.83 bits per heavy atom. The molecule has 2 aromatic rings. The molecule has 1 fully saturated rings. The highest BCUT2D eigenvalue weighted by Gasteiger charge is 2.15. The molecule has 0 bridgehead atoms. The zero-order valence-corrected chi connectivity index (χ0v) is 13.5. The van der Waals surface area contributed by atoms with Crippen molar-refractivity contribution in [1.82, 2.24) is 9.78 Å². The summed E-state index contributed by atoms with van der Waals surface area (Å²) >= 11 is 5.98. The summed E-state index contributed by atoms with van der Waals surface area (Å²) in [6, 6.07) is 6.53. The first-order valence-electron chi connectivity index (χ1n) is 7.85. The van der Waals surface area contributed by atoms with Gasteiger partial charge in [0.1, 0.15) is 0 Å². The average molecular weight is 335 g/mol. The van der Waals surface area contributed by atoms with Gasteiger partial charge < -0.3 is 9.84 Å². The lowest BCUT2D eigenvalue weighted by Gasteiger charge is -2.08. The molecule has 0 saturated heterocycles. The van der Waals surface area contributed by atoms with Gasteiger partial charge in [0, 0.05) is 12.3 Å². The third kappa shape index (κ3) is 3.85. The quantitative estimate of drug-likeness (QED) is 0.860. The number of carboxylic acid groups (broad SMARTS) is 1. The molecule has 122 valence electrons. The van der Waals surface area contributed by atoms with Gasteiger partial charge in [-0.25, -0.2) is 9.48 Å². The number of benzene rings is 1. The summed E-state index contributed by atoms with van der Waals surface area (Å²) in [5.74, 6) is 0.318. The summed E-state index contributed by atoms with van der Waals surface area (Å²) < 4.78 is 7.33. The Morgan fingerprint density at radius 1 is 1.35 bits per heavy atom. The largest absolute Gasteiger partial charge is 0.478 e. The second-order valence-electron chi connectivity index (χ2n) is 5.86. The summed E-state index contributed by atoms with van der Waals surface area (Å²) in [7, 11) is 0. The van der Waals surface area contributed by atoms with Crippen LogP contribution in [0.15, 0.2) is 30.5 Å². The first kappa shape index (κ1) is 15.9. The van der Waals surface area contributed by atoms with E-state index in [1.165, 1.54) is 31.7 Å². The van der Waals surface area contributed by atoms with Gasteiger partial charge in [-0.15, -0.1) is 5.10 Å². The van der Waals surface area contributed by atoms with Crippen molar-refractivity contribution in [3.05, 3.63) is 41.0 Å². The lowest BCUT2D eigenvalue weighted by Crippen LogP contribution is -2.05. The van der Waals surface area contributed by atoms with Crippen LogP contribution in [0.2, 0.25) is 5.02 Å². The molecular formula is C17H19ClN2O3. The van der Waals surface area contributed by atoms with Gasteiger partial charge in [0.2, 0.25) is 5.88 Å². The molecule has 1 saturated carbocycles. The maximum atomic E-state index is 11.0. The Labute approximate surface area is 139 Å². The molecule has 3 rings (SSSR count). The van der Waals surface area contributed by atoms with Crippen LogP contribution in [-0.2, 0) is 0 Å². The number of hydrogen-bond donors (Lipinski definition) is 1. The van der Waals surface area contributed by atoms with E-state index in [2.05, 4.69) is 5.10 Å². The van der Waals surface area contributed by atoms with Crippen LogP contribution in [0.5, 0.6) is 5.88 Å². The lowest BCUT2D eigenvalue weighted by molar-refractivity contribution is 0.0697. The fraction of sp³-hybridized carbons (Fsp3) is 0.412. The number of carboxylic acids is 1. The summed E-state index contributed by atoms with van der Waals surface area (Å²) in [5.41, 5.74) is 0.779. The monoisotopic (exact) mass is 334 g/mol. The van der Waals surface area contributed by atoms with E-state index >= 15 is 0 Å². The molecule has 1 N–H and O–H groups in total. The van der Waals surface area contributed by atoms with E-state index in [1.54, 1.807) is 29.1 Å². The molecule has 1 aliphatic rings. The molecule has 1 aliphatic carbocycles. The van der Waals surface area contributed by atoms with E-state index < -0.39 is 5.97 Å². The van der Waals surface area contributed by atoms with Gasteiger partial charge in [0.25, 0.3) is 0 Å². The molecule has 0 amide bonds. The number of hydrogen-bond acceptors (Lipinski definition) is 3. The fourth-order valence-electron chi connectivity index (χ4n) is 2.98. The number of aromatic nitrogens is 2. The maximum absolute atomic E-state index is 11.0. The minimum Gasteiger partial charge on any atom is -0.478 e. The van der Waals surface area contributed by atoms with E-state index in [1.807, 2.05) is 0 Å². The standard InChI is InChI=1S/C17H19ClN2O3/c18-15-11-13(5-6-14(15)17(21)22)20-9-7-16(19-20)23-10-8-12-3-1-2-4-12/h5-7,9,11-12H,1-4,8,10H2,(H,21,22). The smallest absolute Gasteiger partial charge is 0.337 e. The number of nitrogens with zero attached hydrogens (tertiary/aromatic N) is 2. The van der Waals surface area contributed by atoms with Crippen molar-refractivity contribution in [3.8, 4) is 11.6 Å². The third-order valence-electron chi connectivity index (χ3n) is 4.26. The van der Waals surface area contributed by atoms with Crippen LogP contribution < -0.4 is 4.74 Å². The van der Waals surface area contributed by atoms with Gasteiger partial charge in [-0.05, 0) is 30.5 Å². The zero-order chi connectivity index (χ0) is 16.2. The highest BCUT2D eigenvalue weighted by Crippen LogP contribution is 2.27. The van der Waals surface area contributed by atoms with E-state index in [0.717, 1.165) is 12.3 Å². The van der Waals surface area contributed by atoms with E-state index in [-0.39, 0.29) is 10.6 Å². The SMILES string of the molecule is O=C(O)c1ccc(-n2ccc(OCCC3CCCC3)n2)cc1Cl. The van der Waals surface area contributed by atoms with Crippen LogP contribution in [-0.4, -0.2) is 27.5 Å². The Hall–Kier alpha value is -2.01. The molecule has 1 aromatic heterocycles. The summed E-state index contributed by atoms with van der Waals surface area (Å²) in [4.78, 5) is 11.0. The van der Waals surface area contributed by atoms with Crippen molar-refractivity contribution >= 4 is 17.6 Å². The first-order chi connectivity index (χ1) is 11.1. The van der Waals surface area contributed by atoms with Crippen molar-refractivity contribution in [2.45, 2.75) is 32.1 Å². The minimum atomic E-state index is -1.04. The van der Waals surface area contributed by atoms with Crippen LogP contribution in [0.4, 0.5) is 0 Å². The Kier molecular flexibility index (Phi) is 4.86. The highest BCUT2D eigenvalue weighted by molar-refractivity contribution is 6.33. The number of halogens is 1. The Balaban J connectivity index is 1.62. The van der Waals surface area contributed by atoms with Crippen LogP contribution >= 0.6 is 11.6 Å². The van der Waals surface area contributed by atoms with Crippen molar-refractivity contribution in [1.29, 1.82) is 0 Å². The van der Waals surface area contributed by atoms with E-state index in [0.29, 0.717) is 18.2 Å². The maximum Gasteiger partial charge on any atom is 0.337 e. The van der Waals surface area contributed by atoms with Crippen LogP contribution in [0.25, 0.3) is 5.69 Å². The summed E-state index contributed by atoms with van der Waals surface area (Å²) in [6.45, 7) is 0.681. The van der Waals surface area contributed by atoms with Crippen molar-refractivity contribution in [3.63, 3.8) is 0 Å². The van der Waals surface area contributed by atoms with E-state index in [9.17, 15) is 4.79 Å². The number of carbonyl (C=O) groups is 1. The number of rotatable bonds is 6. The lowest BCUT2D eigenvalue weighted by atomic mass is 10.1. The molecule has 23 heavy (non-hydrogen) atoms. The zero-order valence-electron chi connectivity index (χ0n) is 12.7. The van der Waals surface area contributed by atoms with Gasteiger partial charge >= 0.3 is 5.97 Å². The predicted octanol–water partition coefficient (Wildman–Crippen LogP) is 4.18. The molecule has 1 aromatic carbocycles.